The van der Waals surface area contributed by atoms with Gasteiger partial charge in [0, 0.05) is 12.1 Å². The topological polar surface area (TPSA) is 57.7 Å². The Morgan fingerprint density at radius 3 is 2.04 bits per heavy atom. The standard InChI is InChI=1S/C20H24Cl2N2O3S/c1-14(2)24(15(3)4)19(25)13-23(18-12-8-11-17(21)20(18)22)28(26,27)16-9-6-5-7-10-16/h5-12,14-15H,13H2,1-4H3. The Hall–Kier alpha value is -1.76. The number of nitrogens with zero attached hydrogens (tertiary/aromatic N) is 2. The number of carbonyl (C=O) groups is 1. The van der Waals surface area contributed by atoms with E-state index in [1.54, 1.807) is 35.2 Å². The molecule has 28 heavy (non-hydrogen) atoms. The molecule has 0 N–H and O–H groups in total. The van der Waals surface area contributed by atoms with Gasteiger partial charge in [0.15, 0.2) is 0 Å². The summed E-state index contributed by atoms with van der Waals surface area (Å²) in [5.41, 5.74) is 0.166. The second-order valence-corrected chi connectivity index (χ2v) is 9.53. The van der Waals surface area contributed by atoms with Gasteiger partial charge in [-0.25, -0.2) is 8.42 Å². The summed E-state index contributed by atoms with van der Waals surface area (Å²) in [5, 5.41) is 0.293. The van der Waals surface area contributed by atoms with Crippen molar-refractivity contribution in [3.8, 4) is 0 Å². The van der Waals surface area contributed by atoms with Crippen molar-refractivity contribution in [2.45, 2.75) is 44.7 Å². The summed E-state index contributed by atoms with van der Waals surface area (Å²) in [6.45, 7) is 7.18. The van der Waals surface area contributed by atoms with Crippen LogP contribution in [0, 0.1) is 0 Å². The predicted molar refractivity (Wildman–Crippen MR) is 115 cm³/mol. The lowest BCUT2D eigenvalue weighted by atomic mass is 10.2. The molecule has 0 aliphatic carbocycles. The molecule has 0 bridgehead atoms. The van der Waals surface area contributed by atoms with Gasteiger partial charge in [-0.1, -0.05) is 47.5 Å². The molecule has 0 aliphatic heterocycles. The van der Waals surface area contributed by atoms with Crippen molar-refractivity contribution in [2.24, 2.45) is 0 Å². The Labute approximate surface area is 176 Å². The van der Waals surface area contributed by atoms with Crippen LogP contribution < -0.4 is 4.31 Å². The zero-order chi connectivity index (χ0) is 21.1. The van der Waals surface area contributed by atoms with Crippen molar-refractivity contribution < 1.29 is 13.2 Å². The summed E-state index contributed by atoms with van der Waals surface area (Å²) in [7, 11) is -4.03. The number of rotatable bonds is 7. The first-order valence-corrected chi connectivity index (χ1v) is 11.1. The number of halogens is 2. The number of anilines is 1. The lowest BCUT2D eigenvalue weighted by Gasteiger charge is -2.33. The Morgan fingerprint density at radius 2 is 1.50 bits per heavy atom. The van der Waals surface area contributed by atoms with E-state index in [1.807, 2.05) is 27.7 Å². The summed E-state index contributed by atoms with van der Waals surface area (Å²) < 4.78 is 27.7. The van der Waals surface area contributed by atoms with E-state index in [2.05, 4.69) is 0 Å². The second-order valence-electron chi connectivity index (χ2n) is 6.89. The molecular formula is C20H24Cl2N2O3S. The van der Waals surface area contributed by atoms with E-state index < -0.39 is 10.0 Å². The summed E-state index contributed by atoms with van der Waals surface area (Å²) >= 11 is 12.4. The van der Waals surface area contributed by atoms with Crippen LogP contribution in [-0.2, 0) is 14.8 Å². The summed E-state index contributed by atoms with van der Waals surface area (Å²) in [6, 6.07) is 12.5. The summed E-state index contributed by atoms with van der Waals surface area (Å²) in [6.07, 6.45) is 0. The number of hydrogen-bond acceptors (Lipinski definition) is 3. The van der Waals surface area contributed by atoms with Crippen molar-refractivity contribution >= 4 is 44.8 Å². The second kappa shape index (κ2) is 9.16. The smallest absolute Gasteiger partial charge is 0.264 e. The van der Waals surface area contributed by atoms with Gasteiger partial charge in [-0.2, -0.15) is 0 Å². The molecule has 8 heteroatoms. The Bertz CT molecular complexity index is 924. The van der Waals surface area contributed by atoms with Gasteiger partial charge < -0.3 is 4.90 Å². The third-order valence-corrected chi connectivity index (χ3v) is 6.79. The van der Waals surface area contributed by atoms with E-state index >= 15 is 0 Å². The normalized spacial score (nSPS) is 11.7. The average Bonchev–Trinajstić information content (AvgIpc) is 2.62. The molecule has 2 rings (SSSR count). The number of sulfonamides is 1. The van der Waals surface area contributed by atoms with Gasteiger partial charge in [0.1, 0.15) is 6.54 Å². The van der Waals surface area contributed by atoms with Gasteiger partial charge >= 0.3 is 0 Å². The largest absolute Gasteiger partial charge is 0.336 e. The minimum atomic E-state index is -4.03. The van der Waals surface area contributed by atoms with Gasteiger partial charge in [0.25, 0.3) is 10.0 Å². The molecule has 0 aliphatic rings. The molecule has 0 radical (unpaired) electrons. The van der Waals surface area contributed by atoms with Crippen LogP contribution in [0.5, 0.6) is 0 Å². The van der Waals surface area contributed by atoms with Gasteiger partial charge in [-0.05, 0) is 52.0 Å². The first-order chi connectivity index (χ1) is 13.1. The van der Waals surface area contributed by atoms with E-state index in [0.29, 0.717) is 0 Å². The van der Waals surface area contributed by atoms with Crippen LogP contribution in [0.1, 0.15) is 27.7 Å². The number of carbonyl (C=O) groups excluding carboxylic acids is 1. The molecule has 0 saturated carbocycles. The average molecular weight is 443 g/mol. The van der Waals surface area contributed by atoms with Gasteiger partial charge in [0.05, 0.1) is 20.6 Å². The highest BCUT2D eigenvalue weighted by Crippen LogP contribution is 2.35. The van der Waals surface area contributed by atoms with E-state index in [-0.39, 0.29) is 45.2 Å². The lowest BCUT2D eigenvalue weighted by Crippen LogP contribution is -2.48. The molecule has 5 nitrogen and oxygen atoms in total. The predicted octanol–water partition coefficient (Wildman–Crippen LogP) is 4.83. The molecule has 0 aromatic heterocycles. The van der Waals surface area contributed by atoms with Crippen LogP contribution in [0.4, 0.5) is 5.69 Å². The van der Waals surface area contributed by atoms with Crippen molar-refractivity contribution in [2.75, 3.05) is 10.8 Å². The number of benzene rings is 2. The maximum absolute atomic E-state index is 13.3. The fourth-order valence-electron chi connectivity index (χ4n) is 3.08. The molecule has 0 fully saturated rings. The third-order valence-electron chi connectivity index (χ3n) is 4.21. The van der Waals surface area contributed by atoms with Crippen LogP contribution in [-0.4, -0.2) is 37.9 Å². The maximum Gasteiger partial charge on any atom is 0.264 e. The first kappa shape index (κ1) is 22.5. The van der Waals surface area contributed by atoms with Crippen LogP contribution in [0.25, 0.3) is 0 Å². The number of hydrogen-bond donors (Lipinski definition) is 0. The number of amides is 1. The molecule has 0 unspecified atom stereocenters. The molecule has 1 amide bonds. The van der Waals surface area contributed by atoms with E-state index in [1.165, 1.54) is 18.2 Å². The summed E-state index contributed by atoms with van der Waals surface area (Å²) in [4.78, 5) is 14.7. The molecule has 152 valence electrons. The minimum Gasteiger partial charge on any atom is -0.336 e. The highest BCUT2D eigenvalue weighted by atomic mass is 35.5. The van der Waals surface area contributed by atoms with Crippen molar-refractivity contribution in [1.82, 2.24) is 4.90 Å². The van der Waals surface area contributed by atoms with Crippen molar-refractivity contribution in [3.05, 3.63) is 58.6 Å². The van der Waals surface area contributed by atoms with Crippen LogP contribution in [0.3, 0.4) is 0 Å². The Morgan fingerprint density at radius 1 is 0.929 bits per heavy atom. The summed E-state index contributed by atoms with van der Waals surface area (Å²) in [5.74, 6) is -0.319. The Kier molecular flexibility index (Phi) is 7.37. The first-order valence-electron chi connectivity index (χ1n) is 8.90. The fourth-order valence-corrected chi connectivity index (χ4v) is 4.98. The van der Waals surface area contributed by atoms with Gasteiger partial charge in [-0.3, -0.25) is 9.10 Å². The highest BCUT2D eigenvalue weighted by molar-refractivity contribution is 7.92. The Balaban J connectivity index is 2.57. The zero-order valence-corrected chi connectivity index (χ0v) is 18.6. The minimum absolute atomic E-state index is 0.0690. The maximum atomic E-state index is 13.3. The van der Waals surface area contributed by atoms with Crippen molar-refractivity contribution in [3.63, 3.8) is 0 Å². The van der Waals surface area contributed by atoms with Gasteiger partial charge in [-0.15, -0.1) is 0 Å². The molecule has 0 spiro atoms. The lowest BCUT2D eigenvalue weighted by molar-refractivity contribution is -0.133. The SMILES string of the molecule is CC(C)N(C(=O)CN(c1cccc(Cl)c1Cl)S(=O)(=O)c1ccccc1)C(C)C. The quantitative estimate of drug-likeness (QED) is 0.616. The van der Waals surface area contributed by atoms with Gasteiger partial charge in [0.2, 0.25) is 5.91 Å². The fraction of sp³-hybridized carbons (Fsp3) is 0.350. The van der Waals surface area contributed by atoms with Crippen LogP contribution >= 0.6 is 23.2 Å². The molecule has 0 atom stereocenters. The van der Waals surface area contributed by atoms with E-state index in [0.717, 1.165) is 4.31 Å². The molecule has 2 aromatic rings. The highest BCUT2D eigenvalue weighted by Gasteiger charge is 2.32. The van der Waals surface area contributed by atoms with E-state index in [9.17, 15) is 13.2 Å². The third kappa shape index (κ3) is 4.80. The van der Waals surface area contributed by atoms with Crippen LogP contribution in [0.2, 0.25) is 10.0 Å². The molecular weight excluding hydrogens is 419 g/mol. The molecule has 0 saturated heterocycles. The zero-order valence-electron chi connectivity index (χ0n) is 16.3. The molecule has 0 heterocycles. The van der Waals surface area contributed by atoms with Crippen LogP contribution in [0.15, 0.2) is 53.4 Å². The van der Waals surface area contributed by atoms with E-state index in [4.69, 9.17) is 23.2 Å². The monoisotopic (exact) mass is 442 g/mol. The van der Waals surface area contributed by atoms with Crippen molar-refractivity contribution in [1.29, 1.82) is 0 Å². The molecule has 2 aromatic carbocycles.